The molecule has 2 N–H and O–H groups in total. The average Bonchev–Trinajstić information content (AvgIpc) is 3.12. The van der Waals surface area contributed by atoms with E-state index in [9.17, 15) is 9.90 Å². The second-order valence-electron chi connectivity index (χ2n) is 6.31. The van der Waals surface area contributed by atoms with Crippen molar-refractivity contribution in [2.45, 2.75) is 26.2 Å². The molecule has 0 aliphatic heterocycles. The number of rotatable bonds is 6. The van der Waals surface area contributed by atoms with Crippen LogP contribution in [-0.2, 0) is 11.2 Å². The number of phenolic OH excluding ortho intramolecular Hbond substituents is 1. The lowest BCUT2D eigenvalue weighted by Crippen LogP contribution is -2.14. The fourth-order valence-electron chi connectivity index (χ4n) is 2.85. The normalized spacial score (nSPS) is 16.1. The predicted molar refractivity (Wildman–Crippen MR) is 112 cm³/mol. The highest BCUT2D eigenvalue weighted by Gasteiger charge is 2.14. The number of nitrogens with one attached hydrogen (secondary N) is 1. The van der Waals surface area contributed by atoms with Crippen LogP contribution in [0.3, 0.4) is 0 Å². The summed E-state index contributed by atoms with van der Waals surface area (Å²) in [6.07, 6.45) is 8.86. The van der Waals surface area contributed by atoms with E-state index < -0.39 is 0 Å². The molecule has 0 bridgehead atoms. The van der Waals surface area contributed by atoms with E-state index in [0.717, 1.165) is 29.7 Å². The van der Waals surface area contributed by atoms with Crippen LogP contribution in [0.25, 0.3) is 5.57 Å². The molecule has 1 aromatic carbocycles. The van der Waals surface area contributed by atoms with Gasteiger partial charge in [-0.05, 0) is 58.0 Å². The van der Waals surface area contributed by atoms with Gasteiger partial charge in [-0.25, -0.2) is 4.98 Å². The van der Waals surface area contributed by atoms with Gasteiger partial charge in [0.1, 0.15) is 0 Å². The minimum Gasteiger partial charge on any atom is -0.503 e. The zero-order chi connectivity index (χ0) is 19.4. The molecular weight excluding hydrogens is 428 g/mol. The molecule has 2 aromatic rings. The number of allylic oxidation sites excluding steroid dienone is 4. The summed E-state index contributed by atoms with van der Waals surface area (Å²) in [4.78, 5) is 16.9. The zero-order valence-electron chi connectivity index (χ0n) is 15.2. The molecule has 0 radical (unpaired) electrons. The lowest BCUT2D eigenvalue weighted by Gasteiger charge is -2.12. The van der Waals surface area contributed by atoms with Crippen molar-refractivity contribution in [1.29, 1.82) is 0 Å². The quantitative estimate of drug-likeness (QED) is 0.638. The Morgan fingerprint density at radius 1 is 1.48 bits per heavy atom. The Kier molecular flexibility index (Phi) is 6.34. The topological polar surface area (TPSA) is 71.5 Å². The highest BCUT2D eigenvalue weighted by atomic mass is 79.9. The number of methoxy groups -OCH3 is 1. The third kappa shape index (κ3) is 4.78. The molecule has 1 amide bonds. The maximum absolute atomic E-state index is 12.4. The van der Waals surface area contributed by atoms with Crippen LogP contribution in [0.5, 0.6) is 11.5 Å². The maximum Gasteiger partial charge on any atom is 0.230 e. The summed E-state index contributed by atoms with van der Waals surface area (Å²) in [6, 6.07) is 3.35. The summed E-state index contributed by atoms with van der Waals surface area (Å²) < 4.78 is 5.61. The number of thiazole rings is 1. The number of aromatic hydroxyl groups is 1. The van der Waals surface area contributed by atoms with E-state index in [4.69, 9.17) is 4.74 Å². The number of nitrogens with zero attached hydrogens (tertiary/aromatic N) is 1. The molecule has 27 heavy (non-hydrogen) atoms. The van der Waals surface area contributed by atoms with Gasteiger partial charge in [-0.2, -0.15) is 0 Å². The summed E-state index contributed by atoms with van der Waals surface area (Å²) in [5, 5.41) is 15.2. The van der Waals surface area contributed by atoms with Gasteiger partial charge in [0.15, 0.2) is 16.6 Å². The van der Waals surface area contributed by atoms with Crippen LogP contribution >= 0.6 is 27.3 Å². The Bertz CT molecular complexity index is 905. The second kappa shape index (κ2) is 8.71. The van der Waals surface area contributed by atoms with E-state index in [2.05, 4.69) is 51.4 Å². The summed E-state index contributed by atoms with van der Waals surface area (Å²) in [6.45, 7) is 2.19. The molecule has 5 nitrogen and oxygen atoms in total. The Morgan fingerprint density at radius 2 is 2.30 bits per heavy atom. The molecule has 0 saturated carbocycles. The predicted octanol–water partition coefficient (Wildman–Crippen LogP) is 5.17. The molecule has 0 fully saturated rings. The van der Waals surface area contributed by atoms with E-state index in [-0.39, 0.29) is 18.1 Å². The van der Waals surface area contributed by atoms with Gasteiger partial charge < -0.3 is 15.2 Å². The molecular formula is C20H21BrN2O3S. The summed E-state index contributed by atoms with van der Waals surface area (Å²) in [5.41, 5.74) is 2.72. The standard InChI is InChI=1S/C20H21BrN2O3S/c1-3-12-4-6-14(7-5-12)16-11-27-20(22-16)23-18(24)10-13-8-15(21)19(25)17(9-13)26-2/h4,6-9,11-12,25H,3,5,10H2,1-2H3,(H,22,23,24). The van der Waals surface area contributed by atoms with Gasteiger partial charge in [-0.1, -0.05) is 25.2 Å². The summed E-state index contributed by atoms with van der Waals surface area (Å²) in [5.74, 6) is 0.776. The highest BCUT2D eigenvalue weighted by molar-refractivity contribution is 9.10. The minimum absolute atomic E-state index is 0.0188. The number of halogens is 1. The van der Waals surface area contributed by atoms with Gasteiger partial charge in [-0.3, -0.25) is 4.79 Å². The first-order valence-electron chi connectivity index (χ1n) is 8.69. The number of benzene rings is 1. The SMILES string of the molecule is CCC1C=CC(c2csc(NC(=O)Cc3cc(Br)c(O)c(OC)c3)n2)=CC1. The molecule has 3 rings (SSSR count). The fourth-order valence-corrected chi connectivity index (χ4v) is 4.08. The lowest BCUT2D eigenvalue weighted by molar-refractivity contribution is -0.115. The van der Waals surface area contributed by atoms with E-state index in [1.165, 1.54) is 18.4 Å². The summed E-state index contributed by atoms with van der Waals surface area (Å²) >= 11 is 4.68. The Hall–Kier alpha value is -2.12. The van der Waals surface area contributed by atoms with Crippen LogP contribution in [0.15, 0.2) is 40.2 Å². The Morgan fingerprint density at radius 3 is 2.96 bits per heavy atom. The van der Waals surface area contributed by atoms with Gasteiger partial charge in [0.2, 0.25) is 5.91 Å². The molecule has 0 saturated heterocycles. The van der Waals surface area contributed by atoms with Crippen molar-refractivity contribution in [2.24, 2.45) is 5.92 Å². The molecule has 1 atom stereocenters. The first-order chi connectivity index (χ1) is 13.0. The largest absolute Gasteiger partial charge is 0.503 e. The Labute approximate surface area is 170 Å². The minimum atomic E-state index is -0.172. The molecule has 0 spiro atoms. The van der Waals surface area contributed by atoms with Crippen molar-refractivity contribution in [2.75, 3.05) is 12.4 Å². The van der Waals surface area contributed by atoms with Gasteiger partial charge in [0.25, 0.3) is 0 Å². The van der Waals surface area contributed by atoms with Crippen molar-refractivity contribution in [1.82, 2.24) is 4.98 Å². The number of phenols is 1. The molecule has 1 aliphatic rings. The second-order valence-corrected chi connectivity index (χ2v) is 8.03. The van der Waals surface area contributed by atoms with Crippen LogP contribution in [0.1, 0.15) is 31.0 Å². The number of hydrogen-bond donors (Lipinski definition) is 2. The first-order valence-corrected chi connectivity index (χ1v) is 10.4. The van der Waals surface area contributed by atoms with Crippen molar-refractivity contribution in [3.63, 3.8) is 0 Å². The van der Waals surface area contributed by atoms with Crippen molar-refractivity contribution < 1.29 is 14.6 Å². The Balaban J connectivity index is 1.64. The number of anilines is 1. The van der Waals surface area contributed by atoms with Crippen LogP contribution in [-0.4, -0.2) is 23.1 Å². The van der Waals surface area contributed by atoms with Crippen LogP contribution in [0.2, 0.25) is 0 Å². The average molecular weight is 449 g/mol. The number of hydrogen-bond acceptors (Lipinski definition) is 5. The van der Waals surface area contributed by atoms with Crippen LogP contribution in [0.4, 0.5) is 5.13 Å². The van der Waals surface area contributed by atoms with Crippen molar-refractivity contribution in [3.05, 3.63) is 51.5 Å². The van der Waals surface area contributed by atoms with Gasteiger partial charge >= 0.3 is 0 Å². The highest BCUT2D eigenvalue weighted by Crippen LogP contribution is 2.35. The maximum atomic E-state index is 12.4. The number of carbonyl (C=O) groups is 1. The third-order valence-corrected chi connectivity index (χ3v) is 5.79. The van der Waals surface area contributed by atoms with Crippen LogP contribution in [0, 0.1) is 5.92 Å². The zero-order valence-corrected chi connectivity index (χ0v) is 17.6. The number of aromatic nitrogens is 1. The van der Waals surface area contributed by atoms with Gasteiger partial charge in [0, 0.05) is 5.38 Å². The molecule has 7 heteroatoms. The molecule has 1 aliphatic carbocycles. The fraction of sp³-hybridized carbons (Fsp3) is 0.300. The molecule has 1 unspecified atom stereocenters. The molecule has 1 heterocycles. The van der Waals surface area contributed by atoms with E-state index in [0.29, 0.717) is 21.3 Å². The first kappa shape index (κ1) is 19.6. The number of carbonyl (C=O) groups excluding carboxylic acids is 1. The number of amides is 1. The van der Waals surface area contributed by atoms with E-state index in [1.54, 1.807) is 12.1 Å². The van der Waals surface area contributed by atoms with Crippen molar-refractivity contribution in [3.8, 4) is 11.5 Å². The van der Waals surface area contributed by atoms with Crippen LogP contribution < -0.4 is 10.1 Å². The molecule has 142 valence electrons. The van der Waals surface area contributed by atoms with Gasteiger partial charge in [0.05, 0.1) is 23.7 Å². The monoisotopic (exact) mass is 448 g/mol. The third-order valence-electron chi connectivity index (χ3n) is 4.43. The lowest BCUT2D eigenvalue weighted by atomic mass is 9.94. The van der Waals surface area contributed by atoms with Crippen molar-refractivity contribution >= 4 is 43.9 Å². The summed E-state index contributed by atoms with van der Waals surface area (Å²) in [7, 11) is 1.47. The smallest absolute Gasteiger partial charge is 0.230 e. The van der Waals surface area contributed by atoms with E-state index in [1.807, 2.05) is 5.38 Å². The van der Waals surface area contributed by atoms with E-state index >= 15 is 0 Å². The number of ether oxygens (including phenoxy) is 1. The molecule has 1 aromatic heterocycles. The van der Waals surface area contributed by atoms with Gasteiger partial charge in [-0.15, -0.1) is 11.3 Å².